The van der Waals surface area contributed by atoms with Gasteiger partial charge in [0.05, 0.1) is 6.26 Å². The number of rotatable bonds is 6. The summed E-state index contributed by atoms with van der Waals surface area (Å²) in [7, 11) is -3.24. The maximum atomic E-state index is 12.9. The van der Waals surface area contributed by atoms with Crippen LogP contribution in [0.4, 0.5) is 0 Å². The Kier molecular flexibility index (Phi) is 5.21. The Morgan fingerprint density at radius 2 is 1.82 bits per heavy atom. The largest absolute Gasteiger partial charge is 0.338 e. The van der Waals surface area contributed by atoms with Crippen molar-refractivity contribution < 1.29 is 13.2 Å². The van der Waals surface area contributed by atoms with Gasteiger partial charge in [0, 0.05) is 35.6 Å². The maximum absolute atomic E-state index is 12.9. The fraction of sp³-hybridized carbons (Fsp3) is 0.381. The van der Waals surface area contributed by atoms with E-state index < -0.39 is 10.0 Å². The summed E-state index contributed by atoms with van der Waals surface area (Å²) in [5.41, 5.74) is 3.21. The van der Waals surface area contributed by atoms with E-state index in [1.807, 2.05) is 41.3 Å². The molecule has 0 unspecified atom stereocenters. The van der Waals surface area contributed by atoms with Gasteiger partial charge in [-0.1, -0.05) is 54.1 Å². The lowest BCUT2D eigenvalue weighted by Crippen LogP contribution is -2.56. The summed E-state index contributed by atoms with van der Waals surface area (Å²) in [6.07, 6.45) is 2.80. The second-order valence-electron chi connectivity index (χ2n) is 7.61. The minimum atomic E-state index is -3.24. The Hall–Kier alpha value is -1.89. The minimum Gasteiger partial charge on any atom is -0.338 e. The second-order valence-corrected chi connectivity index (χ2v) is 9.85. The van der Waals surface area contributed by atoms with Gasteiger partial charge in [-0.05, 0) is 36.0 Å². The summed E-state index contributed by atoms with van der Waals surface area (Å²) in [6.45, 7) is 0.989. The van der Waals surface area contributed by atoms with Gasteiger partial charge in [0.25, 0.3) is 0 Å². The predicted octanol–water partition coefficient (Wildman–Crippen LogP) is 3.26. The molecule has 3 atom stereocenters. The highest BCUT2D eigenvalue weighted by molar-refractivity contribution is 7.88. The molecule has 4 rings (SSSR count). The summed E-state index contributed by atoms with van der Waals surface area (Å²) in [6, 6.07) is 15.8. The van der Waals surface area contributed by atoms with Crippen LogP contribution in [0.3, 0.4) is 0 Å². The van der Waals surface area contributed by atoms with E-state index in [0.717, 1.165) is 35.8 Å². The van der Waals surface area contributed by atoms with Gasteiger partial charge >= 0.3 is 0 Å². The highest BCUT2D eigenvalue weighted by atomic mass is 35.5. The molecule has 2 aromatic rings. The molecule has 28 heavy (non-hydrogen) atoms. The fourth-order valence-electron chi connectivity index (χ4n) is 3.96. The van der Waals surface area contributed by atoms with E-state index >= 15 is 0 Å². The molecule has 1 saturated heterocycles. The van der Waals surface area contributed by atoms with Gasteiger partial charge in [-0.15, -0.1) is 0 Å². The molecule has 2 aliphatic rings. The molecule has 0 radical (unpaired) electrons. The van der Waals surface area contributed by atoms with Crippen molar-refractivity contribution in [2.24, 2.45) is 5.92 Å². The van der Waals surface area contributed by atoms with Crippen molar-refractivity contribution in [2.45, 2.75) is 24.8 Å². The number of halogens is 1. The molecule has 0 spiro atoms. The molecule has 1 aliphatic carbocycles. The van der Waals surface area contributed by atoms with Crippen LogP contribution in [0, 0.1) is 5.92 Å². The first kappa shape index (κ1) is 19.4. The first-order chi connectivity index (χ1) is 13.3. The van der Waals surface area contributed by atoms with Crippen LogP contribution in [0.2, 0.25) is 5.02 Å². The normalized spacial score (nSPS) is 23.9. The van der Waals surface area contributed by atoms with Crippen LogP contribution in [0.5, 0.6) is 0 Å². The number of sulfonamides is 1. The van der Waals surface area contributed by atoms with Crippen LogP contribution >= 0.6 is 11.6 Å². The number of nitrogens with zero attached hydrogens (tertiary/aromatic N) is 1. The van der Waals surface area contributed by atoms with Crippen LogP contribution in [0.1, 0.15) is 24.3 Å². The smallest absolute Gasteiger partial charge is 0.226 e. The molecule has 148 valence electrons. The lowest BCUT2D eigenvalue weighted by Gasteiger charge is -2.41. The molecule has 1 heterocycles. The second kappa shape index (κ2) is 7.50. The molecule has 1 aliphatic heterocycles. The number of benzene rings is 2. The lowest BCUT2D eigenvalue weighted by molar-refractivity contribution is -0.140. The zero-order valence-electron chi connectivity index (χ0n) is 15.6. The third-order valence-corrected chi connectivity index (χ3v) is 6.66. The number of hydrogen-bond acceptors (Lipinski definition) is 3. The van der Waals surface area contributed by atoms with Crippen LogP contribution in [0.25, 0.3) is 11.1 Å². The Labute approximate surface area is 170 Å². The monoisotopic (exact) mass is 418 g/mol. The number of likely N-dealkylation sites (tertiary alicyclic amines) is 1. The van der Waals surface area contributed by atoms with Crippen LogP contribution < -0.4 is 4.72 Å². The zero-order valence-corrected chi connectivity index (χ0v) is 17.2. The molecular formula is C21H23ClN2O3S. The maximum Gasteiger partial charge on any atom is 0.226 e. The molecule has 0 aromatic heterocycles. The van der Waals surface area contributed by atoms with Gasteiger partial charge in [-0.25, -0.2) is 13.1 Å². The van der Waals surface area contributed by atoms with Crippen molar-refractivity contribution in [3.63, 3.8) is 0 Å². The molecule has 1 saturated carbocycles. The van der Waals surface area contributed by atoms with Gasteiger partial charge in [0.1, 0.15) is 0 Å². The fourth-order valence-corrected chi connectivity index (χ4v) is 4.69. The first-order valence-electron chi connectivity index (χ1n) is 9.44. The molecule has 5 nitrogen and oxygen atoms in total. The first-order valence-corrected chi connectivity index (χ1v) is 11.7. The number of carbonyl (C=O) groups excluding carboxylic acids is 1. The zero-order chi connectivity index (χ0) is 19.9. The number of amides is 1. The summed E-state index contributed by atoms with van der Waals surface area (Å²) in [5, 5.41) is 0.702. The Bertz CT molecular complexity index is 1010. The quantitative estimate of drug-likeness (QED) is 0.782. The summed E-state index contributed by atoms with van der Waals surface area (Å²) >= 11 is 6.40. The van der Waals surface area contributed by atoms with Gasteiger partial charge < -0.3 is 4.90 Å². The van der Waals surface area contributed by atoms with Gasteiger partial charge in [0.15, 0.2) is 0 Å². The molecule has 7 heteroatoms. The van der Waals surface area contributed by atoms with E-state index in [-0.39, 0.29) is 30.3 Å². The van der Waals surface area contributed by atoms with Crippen LogP contribution in [-0.2, 0) is 14.8 Å². The van der Waals surface area contributed by atoms with Gasteiger partial charge in [0.2, 0.25) is 15.9 Å². The van der Waals surface area contributed by atoms with Crippen molar-refractivity contribution >= 4 is 27.5 Å². The van der Waals surface area contributed by atoms with E-state index in [1.165, 1.54) is 0 Å². The van der Waals surface area contributed by atoms with Crippen molar-refractivity contribution in [1.82, 2.24) is 9.62 Å². The van der Waals surface area contributed by atoms with E-state index in [2.05, 4.69) is 16.9 Å². The lowest BCUT2D eigenvalue weighted by atomic mass is 9.95. The highest BCUT2D eigenvalue weighted by Gasteiger charge is 2.49. The molecule has 2 fully saturated rings. The molecular weight excluding hydrogens is 396 g/mol. The molecule has 1 amide bonds. The van der Waals surface area contributed by atoms with E-state index in [4.69, 9.17) is 11.6 Å². The van der Waals surface area contributed by atoms with Gasteiger partial charge in [-0.2, -0.15) is 0 Å². The topological polar surface area (TPSA) is 66.5 Å². The average molecular weight is 419 g/mol. The Morgan fingerprint density at radius 3 is 2.46 bits per heavy atom. The Balaban J connectivity index is 1.48. The molecule has 1 N–H and O–H groups in total. The Morgan fingerprint density at radius 1 is 1.14 bits per heavy atom. The number of nitrogens with one attached hydrogen (secondary N) is 1. The van der Waals surface area contributed by atoms with Gasteiger partial charge in [-0.3, -0.25) is 4.79 Å². The predicted molar refractivity (Wildman–Crippen MR) is 111 cm³/mol. The highest BCUT2D eigenvalue weighted by Crippen LogP contribution is 2.52. The van der Waals surface area contributed by atoms with Crippen LogP contribution in [0.15, 0.2) is 48.5 Å². The van der Waals surface area contributed by atoms with E-state index in [9.17, 15) is 13.2 Å². The number of hydrogen-bond donors (Lipinski definition) is 1. The van der Waals surface area contributed by atoms with Crippen molar-refractivity contribution in [3.8, 4) is 11.1 Å². The summed E-state index contributed by atoms with van der Waals surface area (Å²) < 4.78 is 25.1. The SMILES string of the molecule is CS(=O)(=O)NC[C@@H]1CCN1C(=O)[C@@H]1C[C@H]1c1ccccc1-c1ccccc1Cl. The van der Waals surface area contributed by atoms with Crippen molar-refractivity contribution in [1.29, 1.82) is 0 Å². The van der Waals surface area contributed by atoms with Crippen LogP contribution in [-0.4, -0.2) is 44.6 Å². The average Bonchev–Trinajstić information content (AvgIpc) is 3.41. The molecule has 0 bridgehead atoms. The minimum absolute atomic E-state index is 0.0373. The third kappa shape index (κ3) is 3.95. The van der Waals surface area contributed by atoms with E-state index in [0.29, 0.717) is 11.6 Å². The van der Waals surface area contributed by atoms with Crippen molar-refractivity contribution in [3.05, 3.63) is 59.1 Å². The number of carbonyl (C=O) groups is 1. The summed E-state index contributed by atoms with van der Waals surface area (Å²) in [5.74, 6) is 0.277. The molecule has 2 aromatic carbocycles. The third-order valence-electron chi connectivity index (χ3n) is 5.64. The van der Waals surface area contributed by atoms with E-state index in [1.54, 1.807) is 0 Å². The van der Waals surface area contributed by atoms with Crippen molar-refractivity contribution in [2.75, 3.05) is 19.3 Å². The summed E-state index contributed by atoms with van der Waals surface area (Å²) in [4.78, 5) is 14.8. The standard InChI is InChI=1S/C21H23ClN2O3S/c1-28(26,27)23-13-14-10-11-24(14)21(25)19-12-18(19)16-7-3-2-6-15(16)17-8-4-5-9-20(17)22/h2-9,14,18-19,23H,10-13H2,1H3/t14-,18-,19+/m0/s1.